The van der Waals surface area contributed by atoms with Crippen LogP contribution in [0, 0.1) is 0 Å². The minimum absolute atomic E-state index is 0.127. The summed E-state index contributed by atoms with van der Waals surface area (Å²) in [5.74, 6) is -0.127. The summed E-state index contributed by atoms with van der Waals surface area (Å²) >= 11 is 13.4. The summed E-state index contributed by atoms with van der Waals surface area (Å²) in [5, 5.41) is 3.48. The number of nitrogens with one attached hydrogen (secondary N) is 1. The van der Waals surface area contributed by atoms with Crippen molar-refractivity contribution in [2.45, 2.75) is 30.0 Å². The van der Waals surface area contributed by atoms with Crippen LogP contribution in [0.25, 0.3) is 0 Å². The first-order valence-electron chi connectivity index (χ1n) is 5.80. The van der Waals surface area contributed by atoms with Crippen molar-refractivity contribution < 1.29 is 4.79 Å². The van der Waals surface area contributed by atoms with Gasteiger partial charge in [-0.3, -0.25) is 4.79 Å². The standard InChI is InChI=1S/C13H17Cl2NOS/c1-9(14)4-3-7-16-13(17)11-8-10(18-2)5-6-12(11)15/h5-6,8-9H,3-4,7H2,1-2H3,(H,16,17). The minimum atomic E-state index is -0.127. The average molecular weight is 306 g/mol. The van der Waals surface area contributed by atoms with Crippen LogP contribution in [0.5, 0.6) is 0 Å². The van der Waals surface area contributed by atoms with Crippen molar-refractivity contribution in [2.24, 2.45) is 0 Å². The highest BCUT2D eigenvalue weighted by Crippen LogP contribution is 2.22. The van der Waals surface area contributed by atoms with Gasteiger partial charge in [0.25, 0.3) is 5.91 Å². The van der Waals surface area contributed by atoms with Gasteiger partial charge in [0.2, 0.25) is 0 Å². The molecule has 1 aromatic rings. The topological polar surface area (TPSA) is 29.1 Å². The minimum Gasteiger partial charge on any atom is -0.352 e. The number of halogens is 2. The van der Waals surface area contributed by atoms with Crippen LogP contribution in [0.1, 0.15) is 30.1 Å². The van der Waals surface area contributed by atoms with Crippen molar-refractivity contribution >= 4 is 40.9 Å². The summed E-state index contributed by atoms with van der Waals surface area (Å²) in [5.41, 5.74) is 0.530. The van der Waals surface area contributed by atoms with Gasteiger partial charge >= 0.3 is 0 Å². The number of benzene rings is 1. The van der Waals surface area contributed by atoms with Gasteiger partial charge in [0, 0.05) is 16.8 Å². The maximum atomic E-state index is 11.9. The van der Waals surface area contributed by atoms with E-state index in [1.165, 1.54) is 0 Å². The van der Waals surface area contributed by atoms with Gasteiger partial charge in [-0.1, -0.05) is 11.6 Å². The van der Waals surface area contributed by atoms with Crippen LogP contribution in [-0.4, -0.2) is 24.1 Å². The average Bonchev–Trinajstić information content (AvgIpc) is 2.34. The van der Waals surface area contributed by atoms with Gasteiger partial charge in [-0.05, 0) is 44.2 Å². The molecule has 0 saturated carbocycles. The molecule has 1 N–H and O–H groups in total. The lowest BCUT2D eigenvalue weighted by molar-refractivity contribution is 0.0953. The molecule has 2 nitrogen and oxygen atoms in total. The predicted octanol–water partition coefficient (Wildman–Crippen LogP) is 4.20. The number of rotatable bonds is 6. The zero-order valence-electron chi connectivity index (χ0n) is 10.5. The number of carbonyl (C=O) groups excluding carboxylic acids is 1. The van der Waals surface area contributed by atoms with Crippen LogP contribution in [-0.2, 0) is 0 Å². The zero-order valence-corrected chi connectivity index (χ0v) is 12.8. The first-order chi connectivity index (χ1) is 8.54. The van der Waals surface area contributed by atoms with E-state index in [9.17, 15) is 4.79 Å². The molecule has 0 bridgehead atoms. The quantitative estimate of drug-likeness (QED) is 0.485. The number of thioether (sulfide) groups is 1. The number of carbonyl (C=O) groups is 1. The third kappa shape index (κ3) is 5.09. The van der Waals surface area contributed by atoms with Crippen LogP contribution in [0.15, 0.2) is 23.1 Å². The van der Waals surface area contributed by atoms with Gasteiger partial charge in [-0.15, -0.1) is 23.4 Å². The maximum Gasteiger partial charge on any atom is 0.252 e. The van der Waals surface area contributed by atoms with Crippen molar-refractivity contribution in [3.8, 4) is 0 Å². The molecule has 1 unspecified atom stereocenters. The summed E-state index contributed by atoms with van der Waals surface area (Å²) in [6, 6.07) is 5.47. The Kier molecular flexibility index (Phi) is 6.90. The molecule has 0 fully saturated rings. The fraction of sp³-hybridized carbons (Fsp3) is 0.462. The Morgan fingerprint density at radius 2 is 2.22 bits per heavy atom. The highest BCUT2D eigenvalue weighted by molar-refractivity contribution is 7.98. The molecular weight excluding hydrogens is 289 g/mol. The zero-order chi connectivity index (χ0) is 13.5. The van der Waals surface area contributed by atoms with E-state index in [-0.39, 0.29) is 11.3 Å². The highest BCUT2D eigenvalue weighted by atomic mass is 35.5. The maximum absolute atomic E-state index is 11.9. The summed E-state index contributed by atoms with van der Waals surface area (Å²) in [6.45, 7) is 2.57. The second kappa shape index (κ2) is 7.93. The van der Waals surface area contributed by atoms with E-state index in [1.807, 2.05) is 25.3 Å². The summed E-state index contributed by atoms with van der Waals surface area (Å²) in [6.07, 6.45) is 3.73. The van der Waals surface area contributed by atoms with Gasteiger partial charge in [0.05, 0.1) is 10.6 Å². The number of hydrogen-bond donors (Lipinski definition) is 1. The molecule has 0 aliphatic rings. The lowest BCUT2D eigenvalue weighted by Crippen LogP contribution is -2.25. The van der Waals surface area contributed by atoms with Crippen molar-refractivity contribution in [1.29, 1.82) is 0 Å². The fourth-order valence-electron chi connectivity index (χ4n) is 1.49. The van der Waals surface area contributed by atoms with E-state index in [1.54, 1.807) is 17.8 Å². The second-order valence-corrected chi connectivity index (χ2v) is 6.06. The second-order valence-electron chi connectivity index (χ2n) is 4.02. The molecule has 18 heavy (non-hydrogen) atoms. The van der Waals surface area contributed by atoms with E-state index >= 15 is 0 Å². The molecule has 0 aliphatic carbocycles. The van der Waals surface area contributed by atoms with E-state index < -0.39 is 0 Å². The van der Waals surface area contributed by atoms with Gasteiger partial charge in [-0.2, -0.15) is 0 Å². The Bertz CT molecular complexity index is 410. The largest absolute Gasteiger partial charge is 0.352 e. The molecule has 0 saturated heterocycles. The van der Waals surface area contributed by atoms with Gasteiger partial charge in [0.15, 0.2) is 0 Å². The number of amides is 1. The molecule has 0 spiro atoms. The SMILES string of the molecule is CSc1ccc(Cl)c(C(=O)NCCCC(C)Cl)c1. The molecule has 100 valence electrons. The van der Waals surface area contributed by atoms with E-state index in [4.69, 9.17) is 23.2 Å². The van der Waals surface area contributed by atoms with Gasteiger partial charge in [-0.25, -0.2) is 0 Å². The Labute approximate surface area is 122 Å². The summed E-state index contributed by atoms with van der Waals surface area (Å²) in [4.78, 5) is 13.0. The predicted molar refractivity (Wildman–Crippen MR) is 80.1 cm³/mol. The van der Waals surface area contributed by atoms with E-state index in [0.29, 0.717) is 17.1 Å². The molecule has 0 aliphatic heterocycles. The lowest BCUT2D eigenvalue weighted by Gasteiger charge is -2.08. The van der Waals surface area contributed by atoms with Gasteiger partial charge in [0.1, 0.15) is 0 Å². The first-order valence-corrected chi connectivity index (χ1v) is 7.84. The Morgan fingerprint density at radius 1 is 1.50 bits per heavy atom. The van der Waals surface area contributed by atoms with Crippen LogP contribution >= 0.6 is 35.0 Å². The van der Waals surface area contributed by atoms with E-state index in [2.05, 4.69) is 5.32 Å². The Balaban J connectivity index is 2.55. The van der Waals surface area contributed by atoms with Crippen molar-refractivity contribution in [3.63, 3.8) is 0 Å². The highest BCUT2D eigenvalue weighted by Gasteiger charge is 2.10. The smallest absolute Gasteiger partial charge is 0.252 e. The van der Waals surface area contributed by atoms with Crippen molar-refractivity contribution in [3.05, 3.63) is 28.8 Å². The molecule has 5 heteroatoms. The monoisotopic (exact) mass is 305 g/mol. The van der Waals surface area contributed by atoms with E-state index in [0.717, 1.165) is 17.7 Å². The molecule has 1 rings (SSSR count). The van der Waals surface area contributed by atoms with Crippen LogP contribution < -0.4 is 5.32 Å². The normalized spacial score (nSPS) is 12.2. The fourth-order valence-corrected chi connectivity index (χ4v) is 2.28. The molecule has 0 radical (unpaired) electrons. The Hall–Kier alpha value is -0.380. The van der Waals surface area contributed by atoms with Crippen molar-refractivity contribution in [1.82, 2.24) is 5.32 Å². The molecule has 1 atom stereocenters. The van der Waals surface area contributed by atoms with Crippen LogP contribution in [0.3, 0.4) is 0 Å². The van der Waals surface area contributed by atoms with Crippen LogP contribution in [0.2, 0.25) is 5.02 Å². The summed E-state index contributed by atoms with van der Waals surface area (Å²) < 4.78 is 0. The van der Waals surface area contributed by atoms with Gasteiger partial charge < -0.3 is 5.32 Å². The summed E-state index contributed by atoms with van der Waals surface area (Å²) in [7, 11) is 0. The molecule has 1 amide bonds. The number of hydrogen-bond acceptors (Lipinski definition) is 2. The molecule has 1 aromatic carbocycles. The first kappa shape index (κ1) is 15.7. The number of alkyl halides is 1. The van der Waals surface area contributed by atoms with Crippen molar-refractivity contribution in [2.75, 3.05) is 12.8 Å². The lowest BCUT2D eigenvalue weighted by atomic mass is 10.2. The Morgan fingerprint density at radius 3 is 2.83 bits per heavy atom. The molecule has 0 aromatic heterocycles. The molecular formula is C13H17Cl2NOS. The van der Waals surface area contributed by atoms with Crippen LogP contribution in [0.4, 0.5) is 0 Å². The third-order valence-corrected chi connectivity index (χ3v) is 3.76. The molecule has 0 heterocycles. The third-order valence-electron chi connectivity index (χ3n) is 2.48.